The molecule has 7 nitrogen and oxygen atoms in total. The van der Waals surface area contributed by atoms with Crippen LogP contribution in [0.4, 0.5) is 0 Å². The second-order valence-electron chi connectivity index (χ2n) is 5.31. The van der Waals surface area contributed by atoms with Crippen LogP contribution in [0.15, 0.2) is 23.2 Å². The van der Waals surface area contributed by atoms with E-state index < -0.39 is 34.2 Å². The minimum atomic E-state index is -1.38. The van der Waals surface area contributed by atoms with Gasteiger partial charge in [0.25, 0.3) is 0 Å². The fourth-order valence-corrected chi connectivity index (χ4v) is 5.43. The maximum atomic E-state index is 12.5. The molecule has 0 aliphatic carbocycles. The molecule has 0 bridgehead atoms. The van der Waals surface area contributed by atoms with Crippen LogP contribution in [0.1, 0.15) is 16.4 Å². The van der Waals surface area contributed by atoms with Crippen molar-refractivity contribution in [1.82, 2.24) is 4.98 Å². The van der Waals surface area contributed by atoms with Crippen LogP contribution in [0.3, 0.4) is 0 Å². The Morgan fingerprint density at radius 3 is 2.73 bits per heavy atom. The number of carbonyl (C=O) groups excluding carboxylic acids is 2. The van der Waals surface area contributed by atoms with Gasteiger partial charge in [0, 0.05) is 21.6 Å². The number of benzene rings is 1. The van der Waals surface area contributed by atoms with Crippen molar-refractivity contribution in [2.75, 3.05) is 7.11 Å². The number of thiazole rings is 1. The first-order chi connectivity index (χ1) is 11.5. The number of hydrogen-bond acceptors (Lipinski definition) is 9. The molecular formula is C15H9NNa2O6S2. The SMILES string of the molecule is COc1cccc2c1OC(=O)C1C(C(=O)[O-])Sc3nc([O-])sc3C21.[Na+].[Na+]. The van der Waals surface area contributed by atoms with Crippen LogP contribution in [0.25, 0.3) is 0 Å². The van der Waals surface area contributed by atoms with Crippen LogP contribution in [-0.4, -0.2) is 29.3 Å². The Morgan fingerprint density at radius 2 is 2.08 bits per heavy atom. The van der Waals surface area contributed by atoms with Crippen molar-refractivity contribution in [1.29, 1.82) is 0 Å². The molecule has 3 heterocycles. The number of aliphatic carboxylic acids is 1. The number of para-hydroxylation sites is 1. The number of aromatic nitrogens is 1. The van der Waals surface area contributed by atoms with Gasteiger partial charge in [-0.1, -0.05) is 23.9 Å². The van der Waals surface area contributed by atoms with Crippen molar-refractivity contribution in [2.24, 2.45) is 5.92 Å². The molecule has 1 aromatic carbocycles. The van der Waals surface area contributed by atoms with Crippen LogP contribution in [-0.2, 0) is 9.59 Å². The minimum absolute atomic E-state index is 0. The molecule has 1 aromatic heterocycles. The van der Waals surface area contributed by atoms with Crippen molar-refractivity contribution in [3.63, 3.8) is 0 Å². The normalized spacial score (nSPS) is 22.5. The number of carboxylic acids is 1. The van der Waals surface area contributed by atoms with Gasteiger partial charge in [0.15, 0.2) is 11.5 Å². The number of methoxy groups -OCH3 is 1. The number of carbonyl (C=O) groups is 2. The Kier molecular flexibility index (Phi) is 7.12. The fraction of sp³-hybridized carbons (Fsp3) is 0.267. The molecule has 3 unspecified atom stereocenters. The standard InChI is InChI=1S/C15H11NO6S2.2Na/c1-21-6-4-2-3-5-7-8(14(19)22-9(5)6)11(13(17)18)23-12-10(7)24-15(20)16-12;;/h2-4,7-8,11H,1H3,(H,16,20)(H,17,18);;/q;2*+1/p-2. The van der Waals surface area contributed by atoms with Crippen LogP contribution >= 0.6 is 23.1 Å². The third-order valence-electron chi connectivity index (χ3n) is 4.08. The first-order valence-electron chi connectivity index (χ1n) is 6.95. The molecular weight excluding hydrogens is 400 g/mol. The second-order valence-corrected chi connectivity index (χ2v) is 7.43. The quantitative estimate of drug-likeness (QED) is 0.274. The smallest absolute Gasteiger partial charge is 0.851 e. The Morgan fingerprint density at radius 1 is 1.35 bits per heavy atom. The van der Waals surface area contributed by atoms with E-state index in [1.165, 1.54) is 7.11 Å². The molecule has 11 heteroatoms. The van der Waals surface area contributed by atoms with Gasteiger partial charge in [-0.15, -0.1) is 11.3 Å². The van der Waals surface area contributed by atoms with Crippen molar-refractivity contribution in [3.8, 4) is 16.7 Å². The minimum Gasteiger partial charge on any atom is -0.851 e. The summed E-state index contributed by atoms with van der Waals surface area (Å²) in [6.07, 6.45) is 0. The summed E-state index contributed by atoms with van der Waals surface area (Å²) in [7, 11) is 1.45. The topological polar surface area (TPSA) is 112 Å². The van der Waals surface area contributed by atoms with Gasteiger partial charge in [0.1, 0.15) is 5.03 Å². The number of fused-ring (bicyclic) bond motifs is 5. The Bertz CT molecular complexity index is 874. The average Bonchev–Trinajstić information content (AvgIpc) is 2.93. The molecule has 0 radical (unpaired) electrons. The molecule has 0 N–H and O–H groups in total. The maximum Gasteiger partial charge on any atom is 1.00 e. The predicted molar refractivity (Wildman–Crippen MR) is 80.2 cm³/mol. The van der Waals surface area contributed by atoms with Gasteiger partial charge in [0.2, 0.25) is 0 Å². The summed E-state index contributed by atoms with van der Waals surface area (Å²) >= 11 is 1.78. The fourth-order valence-electron chi connectivity index (χ4n) is 3.12. The molecule has 0 fully saturated rings. The molecule has 2 aliphatic rings. The molecule has 2 aliphatic heterocycles. The predicted octanol–water partition coefficient (Wildman–Crippen LogP) is -5.88. The van der Waals surface area contributed by atoms with Crippen molar-refractivity contribution in [3.05, 3.63) is 28.6 Å². The molecule has 124 valence electrons. The van der Waals surface area contributed by atoms with Gasteiger partial charge in [-0.25, -0.2) is 4.98 Å². The maximum absolute atomic E-state index is 12.5. The van der Waals surface area contributed by atoms with Crippen molar-refractivity contribution >= 4 is 35.0 Å². The summed E-state index contributed by atoms with van der Waals surface area (Å²) in [5, 5.41) is 22.0. The van der Waals surface area contributed by atoms with E-state index in [9.17, 15) is 19.8 Å². The van der Waals surface area contributed by atoms with E-state index in [0.29, 0.717) is 21.2 Å². The van der Waals surface area contributed by atoms with Gasteiger partial charge in [0.05, 0.1) is 24.2 Å². The number of thioether (sulfide) groups is 1. The van der Waals surface area contributed by atoms with E-state index in [2.05, 4.69) is 4.98 Å². The van der Waals surface area contributed by atoms with E-state index in [-0.39, 0.29) is 64.9 Å². The largest absolute Gasteiger partial charge is 1.00 e. The van der Waals surface area contributed by atoms with Crippen LogP contribution in [0.2, 0.25) is 0 Å². The van der Waals surface area contributed by atoms with Crippen LogP contribution < -0.4 is 78.8 Å². The number of esters is 1. The zero-order valence-electron chi connectivity index (χ0n) is 14.2. The van der Waals surface area contributed by atoms with E-state index in [1.54, 1.807) is 18.2 Å². The molecule has 0 spiro atoms. The van der Waals surface area contributed by atoms with Gasteiger partial charge in [-0.3, -0.25) is 4.79 Å². The summed E-state index contributed by atoms with van der Waals surface area (Å²) in [4.78, 5) is 28.5. The van der Waals surface area contributed by atoms with Crippen LogP contribution in [0, 0.1) is 5.92 Å². The zero-order chi connectivity index (χ0) is 17.0. The van der Waals surface area contributed by atoms with Gasteiger partial charge < -0.3 is 24.5 Å². The summed E-state index contributed by atoms with van der Waals surface area (Å²) in [6, 6.07) is 5.10. The molecule has 4 rings (SSSR count). The first kappa shape index (κ1) is 22.0. The first-order valence-corrected chi connectivity index (χ1v) is 8.64. The number of hydrogen-bond donors (Lipinski definition) is 0. The van der Waals surface area contributed by atoms with Crippen molar-refractivity contribution in [2.45, 2.75) is 16.2 Å². The third kappa shape index (κ3) is 3.44. The Balaban J connectivity index is 0.00000121. The summed E-state index contributed by atoms with van der Waals surface area (Å²) in [5.41, 5.74) is 0.607. The molecule has 3 atom stereocenters. The van der Waals surface area contributed by atoms with Crippen LogP contribution in [0.5, 0.6) is 16.7 Å². The monoisotopic (exact) mass is 409 g/mol. The van der Waals surface area contributed by atoms with Gasteiger partial charge in [-0.05, 0) is 6.07 Å². The average molecular weight is 409 g/mol. The summed E-state index contributed by atoms with van der Waals surface area (Å²) in [5.74, 6) is -3.03. The molecule has 0 saturated carbocycles. The van der Waals surface area contributed by atoms with E-state index in [1.807, 2.05) is 0 Å². The molecule has 0 saturated heterocycles. The van der Waals surface area contributed by atoms with Gasteiger partial charge in [-0.2, -0.15) is 0 Å². The third-order valence-corrected chi connectivity index (χ3v) is 6.42. The number of rotatable bonds is 2. The number of nitrogens with zero attached hydrogens (tertiary/aromatic N) is 1. The number of ether oxygens (including phenoxy) is 2. The van der Waals surface area contributed by atoms with Crippen molar-refractivity contribution < 1.29 is 88.4 Å². The number of carboxylic acid groups (broad SMARTS) is 1. The summed E-state index contributed by atoms with van der Waals surface area (Å²) in [6.45, 7) is 0. The Labute approximate surface area is 201 Å². The van der Waals surface area contributed by atoms with E-state index in [0.717, 1.165) is 23.1 Å². The van der Waals surface area contributed by atoms with Gasteiger partial charge >= 0.3 is 65.1 Å². The van der Waals surface area contributed by atoms with E-state index in [4.69, 9.17) is 9.47 Å². The Hall–Kier alpha value is -0.260. The molecule has 26 heavy (non-hydrogen) atoms. The van der Waals surface area contributed by atoms with E-state index >= 15 is 0 Å². The molecule has 2 aromatic rings. The summed E-state index contributed by atoms with van der Waals surface area (Å²) < 4.78 is 10.6. The second kappa shape index (κ2) is 8.40. The molecule has 0 amide bonds. The zero-order valence-corrected chi connectivity index (χ0v) is 19.8.